The molecule has 3 aromatic rings. The lowest BCUT2D eigenvalue weighted by Gasteiger charge is -2.21. The van der Waals surface area contributed by atoms with Crippen molar-refractivity contribution in [2.24, 2.45) is 0 Å². The summed E-state index contributed by atoms with van der Waals surface area (Å²) in [5.41, 5.74) is 2.53. The summed E-state index contributed by atoms with van der Waals surface area (Å²) in [6.07, 6.45) is 3.42. The summed E-state index contributed by atoms with van der Waals surface area (Å²) < 4.78 is 35.7. The number of benzene rings is 3. The highest BCUT2D eigenvalue weighted by Gasteiger charge is 2.34. The maximum Gasteiger partial charge on any atom is 0.647 e. The largest absolute Gasteiger partial charge is 0.647 e. The molecule has 0 bridgehead atoms. The molecule has 0 radical (unpaired) electrons. The molecule has 0 aliphatic rings. The van der Waals surface area contributed by atoms with Gasteiger partial charge in [-0.1, -0.05) is 66.7 Å². The summed E-state index contributed by atoms with van der Waals surface area (Å²) in [4.78, 5) is 0. The molecule has 0 heterocycles. The van der Waals surface area contributed by atoms with E-state index in [0.29, 0.717) is 30.5 Å². The van der Waals surface area contributed by atoms with Gasteiger partial charge in [-0.15, -0.1) is 13.2 Å². The van der Waals surface area contributed by atoms with Crippen molar-refractivity contribution >= 4 is 7.82 Å². The van der Waals surface area contributed by atoms with E-state index in [1.807, 2.05) is 75.4 Å². The second kappa shape index (κ2) is 13.3. The normalized spacial score (nSPS) is 10.4. The first-order valence-electron chi connectivity index (χ1n) is 10.5. The van der Waals surface area contributed by atoms with Gasteiger partial charge in [-0.05, 0) is 55.7 Å². The summed E-state index contributed by atoms with van der Waals surface area (Å²) in [6, 6.07) is 22.0. The van der Waals surface area contributed by atoms with Crippen LogP contribution in [0, 0.1) is 20.8 Å². The van der Waals surface area contributed by atoms with Gasteiger partial charge in [0.25, 0.3) is 0 Å². The Morgan fingerprint density at radius 1 is 0.636 bits per heavy atom. The molecule has 0 aromatic heterocycles. The molecule has 0 unspecified atom stereocenters. The van der Waals surface area contributed by atoms with E-state index in [1.165, 1.54) is 0 Å². The van der Waals surface area contributed by atoms with E-state index in [0.717, 1.165) is 16.7 Å². The predicted molar refractivity (Wildman–Crippen MR) is 134 cm³/mol. The molecule has 0 saturated heterocycles. The molecule has 6 heteroatoms. The Labute approximate surface area is 196 Å². The summed E-state index contributed by atoms with van der Waals surface area (Å²) in [7, 11) is -3.97. The van der Waals surface area contributed by atoms with Crippen LogP contribution in [0.1, 0.15) is 16.7 Å². The number of hydrogen-bond donors (Lipinski definition) is 0. The first-order valence-corrected chi connectivity index (χ1v) is 12.0. The van der Waals surface area contributed by atoms with Crippen molar-refractivity contribution in [1.82, 2.24) is 0 Å². The summed E-state index contributed by atoms with van der Waals surface area (Å²) in [5.74, 6) is 1.37. The smallest absolute Gasteiger partial charge is 0.386 e. The Morgan fingerprint density at radius 3 is 1.21 bits per heavy atom. The van der Waals surface area contributed by atoms with Gasteiger partial charge in [-0.25, -0.2) is 0 Å². The third-order valence-electron chi connectivity index (χ3n) is 4.38. The van der Waals surface area contributed by atoms with Crippen molar-refractivity contribution in [1.29, 1.82) is 0 Å². The average molecular weight is 467 g/mol. The van der Waals surface area contributed by atoms with Crippen LogP contribution in [0.25, 0.3) is 0 Å². The zero-order valence-electron chi connectivity index (χ0n) is 19.4. The number of aryl methyl sites for hydroxylation is 3. The molecule has 0 N–H and O–H groups in total. The lowest BCUT2D eigenvalue weighted by molar-refractivity contribution is 0.194. The summed E-state index contributed by atoms with van der Waals surface area (Å²) in [5, 5.41) is 0. The predicted octanol–water partition coefficient (Wildman–Crippen LogP) is 7.63. The first kappa shape index (κ1) is 26.0. The minimum absolute atomic E-state index is 0.456. The second-order valence-corrected chi connectivity index (χ2v) is 8.57. The van der Waals surface area contributed by atoms with Gasteiger partial charge in [-0.2, -0.15) is 4.57 Å². The van der Waals surface area contributed by atoms with Crippen LogP contribution >= 0.6 is 7.82 Å². The number of hydrogen-bond acceptors (Lipinski definition) is 5. The maximum absolute atomic E-state index is 13.5. The van der Waals surface area contributed by atoms with Crippen LogP contribution in [0.2, 0.25) is 0 Å². The van der Waals surface area contributed by atoms with E-state index >= 15 is 0 Å². The number of ether oxygens (including phenoxy) is 1. The van der Waals surface area contributed by atoms with E-state index < -0.39 is 7.82 Å². The molecule has 0 fully saturated rings. The molecular formula is C27H31O5P. The molecule has 33 heavy (non-hydrogen) atoms. The fraction of sp³-hybridized carbons (Fsp3) is 0.185. The van der Waals surface area contributed by atoms with Crippen LogP contribution in [0.5, 0.6) is 17.2 Å². The van der Waals surface area contributed by atoms with Crippen molar-refractivity contribution in [3.05, 3.63) is 115 Å². The van der Waals surface area contributed by atoms with Crippen LogP contribution < -0.4 is 13.6 Å². The zero-order valence-corrected chi connectivity index (χ0v) is 20.3. The van der Waals surface area contributed by atoms with Crippen LogP contribution in [-0.2, 0) is 9.30 Å². The Hall–Kier alpha value is -3.27. The van der Waals surface area contributed by atoms with Crippen LogP contribution in [0.4, 0.5) is 0 Å². The molecule has 0 atom stereocenters. The highest BCUT2D eigenvalue weighted by molar-refractivity contribution is 7.49. The highest BCUT2D eigenvalue weighted by Crippen LogP contribution is 2.51. The van der Waals surface area contributed by atoms with Gasteiger partial charge in [0.1, 0.15) is 17.2 Å². The Balaban J connectivity index is 0.000000479. The molecule has 0 spiro atoms. The highest BCUT2D eigenvalue weighted by atomic mass is 31.2. The van der Waals surface area contributed by atoms with E-state index in [2.05, 4.69) is 13.2 Å². The molecule has 0 aliphatic carbocycles. The maximum atomic E-state index is 13.5. The van der Waals surface area contributed by atoms with Gasteiger partial charge in [0.2, 0.25) is 0 Å². The van der Waals surface area contributed by atoms with Gasteiger partial charge in [0, 0.05) is 0 Å². The topological polar surface area (TPSA) is 54.0 Å². The van der Waals surface area contributed by atoms with Crippen molar-refractivity contribution < 1.29 is 22.9 Å². The van der Waals surface area contributed by atoms with Crippen molar-refractivity contribution in [3.8, 4) is 17.2 Å². The van der Waals surface area contributed by atoms with Gasteiger partial charge in [0.15, 0.2) is 0 Å². The minimum atomic E-state index is -3.97. The molecule has 5 nitrogen and oxygen atoms in total. The number of rotatable bonds is 10. The Bertz CT molecular complexity index is 963. The van der Waals surface area contributed by atoms with Crippen LogP contribution in [-0.4, -0.2) is 13.2 Å². The summed E-state index contributed by atoms with van der Waals surface area (Å²) >= 11 is 0. The van der Waals surface area contributed by atoms with Gasteiger partial charge in [-0.3, -0.25) is 0 Å². The number of para-hydroxylation sites is 3. The van der Waals surface area contributed by atoms with E-state index in [-0.39, 0.29) is 0 Å². The van der Waals surface area contributed by atoms with Crippen LogP contribution in [0.15, 0.2) is 98.1 Å². The monoisotopic (exact) mass is 466 g/mol. The third-order valence-corrected chi connectivity index (χ3v) is 5.64. The molecule has 3 aromatic carbocycles. The van der Waals surface area contributed by atoms with Crippen LogP contribution in [0.3, 0.4) is 0 Å². The standard InChI is InChI=1S/C21H21O4P.C6H10O/c1-16-10-4-7-13-19(16)23-26(22,24-20-14-8-5-11-17(20)2)25-21-15-9-6-12-18(21)3;1-3-5-7-6-4-2/h4-15H,1-3H3;3-4H,1-2,5-6H2. The zero-order chi connectivity index (χ0) is 24.1. The van der Waals surface area contributed by atoms with Crippen molar-refractivity contribution in [2.45, 2.75) is 20.8 Å². The van der Waals surface area contributed by atoms with E-state index in [1.54, 1.807) is 30.4 Å². The Kier molecular flexibility index (Phi) is 10.5. The van der Waals surface area contributed by atoms with Gasteiger partial charge in [0.05, 0.1) is 13.2 Å². The van der Waals surface area contributed by atoms with Crippen molar-refractivity contribution in [3.63, 3.8) is 0 Å². The second-order valence-electron chi connectivity index (χ2n) is 7.13. The number of phosphoric ester groups is 1. The SMILES string of the molecule is C=CCOCC=C.Cc1ccccc1OP(=O)(Oc1ccccc1C)Oc1ccccc1C. The lowest BCUT2D eigenvalue weighted by atomic mass is 10.2. The summed E-state index contributed by atoms with van der Waals surface area (Å²) in [6.45, 7) is 13.8. The minimum Gasteiger partial charge on any atom is -0.386 e. The molecule has 0 amide bonds. The molecule has 174 valence electrons. The van der Waals surface area contributed by atoms with Gasteiger partial charge >= 0.3 is 7.82 Å². The van der Waals surface area contributed by atoms with E-state index in [9.17, 15) is 4.57 Å². The third kappa shape index (κ3) is 8.64. The quantitative estimate of drug-likeness (QED) is 0.175. The van der Waals surface area contributed by atoms with Gasteiger partial charge < -0.3 is 18.3 Å². The number of phosphoric acid groups is 1. The van der Waals surface area contributed by atoms with E-state index in [4.69, 9.17) is 18.3 Å². The molecule has 3 rings (SSSR count). The molecule has 0 aliphatic heterocycles. The van der Waals surface area contributed by atoms with Crippen molar-refractivity contribution in [2.75, 3.05) is 13.2 Å². The molecular weight excluding hydrogens is 435 g/mol. The molecule has 0 saturated carbocycles. The fourth-order valence-electron chi connectivity index (χ4n) is 2.63. The first-order chi connectivity index (χ1) is 15.9. The fourth-order valence-corrected chi connectivity index (χ4v) is 4.08. The average Bonchev–Trinajstić information content (AvgIpc) is 2.79. The Morgan fingerprint density at radius 2 is 0.939 bits per heavy atom. The lowest BCUT2D eigenvalue weighted by Crippen LogP contribution is -2.09.